The Morgan fingerprint density at radius 2 is 1.73 bits per heavy atom. The molecule has 1 N–H and O–H groups in total. The standard InChI is InChI=1S/C18H26O2.C2H4/c1-4-5-6-7-11-14-17(20-18(2,3)19)15-16-12-9-8-10-13-16;1-2/h8-10,12-13,17,19H,4-5,11,14-15H2,1-3H3;1-2H2. The lowest BCUT2D eigenvalue weighted by molar-refractivity contribution is -0.206. The van der Waals surface area contributed by atoms with Crippen molar-refractivity contribution in [2.45, 2.75) is 64.8 Å². The van der Waals surface area contributed by atoms with Gasteiger partial charge >= 0.3 is 0 Å². The fourth-order valence-corrected chi connectivity index (χ4v) is 2.02. The Labute approximate surface area is 136 Å². The van der Waals surface area contributed by atoms with Crippen LogP contribution in [0.25, 0.3) is 0 Å². The highest BCUT2D eigenvalue weighted by atomic mass is 16.6. The second-order valence-electron chi connectivity index (χ2n) is 5.52. The van der Waals surface area contributed by atoms with Crippen molar-refractivity contribution in [3.63, 3.8) is 0 Å². The summed E-state index contributed by atoms with van der Waals surface area (Å²) in [7, 11) is 0. The summed E-state index contributed by atoms with van der Waals surface area (Å²) in [5, 5.41) is 9.85. The largest absolute Gasteiger partial charge is 0.366 e. The monoisotopic (exact) mass is 302 g/mol. The Hall–Kier alpha value is -1.56. The van der Waals surface area contributed by atoms with E-state index >= 15 is 0 Å². The zero-order chi connectivity index (χ0) is 16.8. The smallest absolute Gasteiger partial charge is 0.160 e. The molecule has 0 aliphatic heterocycles. The van der Waals surface area contributed by atoms with E-state index in [9.17, 15) is 5.11 Å². The highest BCUT2D eigenvalue weighted by Crippen LogP contribution is 2.16. The predicted molar refractivity (Wildman–Crippen MR) is 94.5 cm³/mol. The second-order valence-corrected chi connectivity index (χ2v) is 5.52. The average molecular weight is 302 g/mol. The van der Waals surface area contributed by atoms with Crippen LogP contribution in [0.1, 0.15) is 52.0 Å². The SMILES string of the molecule is C=C.CCCC#CCCC(Cc1ccccc1)OC(C)(C)O. The zero-order valence-electron chi connectivity index (χ0n) is 14.3. The Morgan fingerprint density at radius 3 is 2.27 bits per heavy atom. The molecule has 0 saturated heterocycles. The number of unbranched alkanes of at least 4 members (excludes halogenated alkanes) is 1. The van der Waals surface area contributed by atoms with Crippen molar-refractivity contribution in [3.8, 4) is 11.8 Å². The van der Waals surface area contributed by atoms with Crippen LogP contribution in [0.4, 0.5) is 0 Å². The molecule has 0 heterocycles. The third-order valence-electron chi connectivity index (χ3n) is 2.85. The first kappa shape index (κ1) is 20.4. The molecule has 2 nitrogen and oxygen atoms in total. The van der Waals surface area contributed by atoms with Crippen LogP contribution < -0.4 is 0 Å². The van der Waals surface area contributed by atoms with Gasteiger partial charge in [0.1, 0.15) is 0 Å². The topological polar surface area (TPSA) is 29.5 Å². The van der Waals surface area contributed by atoms with Gasteiger partial charge in [0.25, 0.3) is 0 Å². The van der Waals surface area contributed by atoms with Gasteiger partial charge in [-0.15, -0.1) is 25.0 Å². The van der Waals surface area contributed by atoms with E-state index in [2.05, 4.69) is 44.1 Å². The van der Waals surface area contributed by atoms with E-state index in [1.165, 1.54) is 5.56 Å². The van der Waals surface area contributed by atoms with Crippen LogP contribution in [0.5, 0.6) is 0 Å². The van der Waals surface area contributed by atoms with Crippen LogP contribution in [-0.4, -0.2) is 17.0 Å². The number of aliphatic hydroxyl groups is 1. The molecule has 0 bridgehead atoms. The summed E-state index contributed by atoms with van der Waals surface area (Å²) in [6.45, 7) is 11.5. The molecule has 1 atom stereocenters. The summed E-state index contributed by atoms with van der Waals surface area (Å²) in [6.07, 6.45) is 4.51. The first-order valence-corrected chi connectivity index (χ1v) is 7.91. The quantitative estimate of drug-likeness (QED) is 0.448. The lowest BCUT2D eigenvalue weighted by Gasteiger charge is -2.26. The van der Waals surface area contributed by atoms with Crippen LogP contribution in [0, 0.1) is 11.8 Å². The lowest BCUT2D eigenvalue weighted by Crippen LogP contribution is -2.31. The molecule has 1 rings (SSSR count). The van der Waals surface area contributed by atoms with E-state index in [1.54, 1.807) is 13.8 Å². The van der Waals surface area contributed by atoms with Crippen molar-refractivity contribution >= 4 is 0 Å². The molecule has 1 aromatic carbocycles. The molecule has 0 aliphatic carbocycles. The number of rotatable bonds is 7. The zero-order valence-corrected chi connectivity index (χ0v) is 14.3. The number of hydrogen-bond acceptors (Lipinski definition) is 2. The minimum absolute atomic E-state index is 0.00618. The van der Waals surface area contributed by atoms with E-state index in [1.807, 2.05) is 18.2 Å². The molecule has 122 valence electrons. The summed E-state index contributed by atoms with van der Waals surface area (Å²) in [4.78, 5) is 0. The summed E-state index contributed by atoms with van der Waals surface area (Å²) >= 11 is 0. The summed E-state index contributed by atoms with van der Waals surface area (Å²) in [6, 6.07) is 10.2. The van der Waals surface area contributed by atoms with Crippen LogP contribution in [0.15, 0.2) is 43.5 Å². The van der Waals surface area contributed by atoms with Crippen LogP contribution in [0.3, 0.4) is 0 Å². The molecule has 1 unspecified atom stereocenters. The van der Waals surface area contributed by atoms with E-state index in [-0.39, 0.29) is 6.10 Å². The lowest BCUT2D eigenvalue weighted by atomic mass is 10.0. The highest BCUT2D eigenvalue weighted by molar-refractivity contribution is 5.15. The highest BCUT2D eigenvalue weighted by Gasteiger charge is 2.20. The molecule has 0 saturated carbocycles. The first-order chi connectivity index (χ1) is 10.5. The number of benzene rings is 1. The molecule has 22 heavy (non-hydrogen) atoms. The van der Waals surface area contributed by atoms with Crippen LogP contribution in [0.2, 0.25) is 0 Å². The number of hydrogen-bond donors (Lipinski definition) is 1. The van der Waals surface area contributed by atoms with Gasteiger partial charge in [-0.3, -0.25) is 0 Å². The Kier molecular flexibility index (Phi) is 11.2. The van der Waals surface area contributed by atoms with Crippen molar-refractivity contribution in [2.24, 2.45) is 0 Å². The van der Waals surface area contributed by atoms with Crippen molar-refractivity contribution < 1.29 is 9.84 Å². The fourth-order valence-electron chi connectivity index (χ4n) is 2.02. The van der Waals surface area contributed by atoms with Crippen molar-refractivity contribution in [3.05, 3.63) is 49.1 Å². The Bertz CT molecular complexity index is 434. The molecule has 1 aromatic rings. The van der Waals surface area contributed by atoms with Gasteiger partial charge < -0.3 is 9.84 Å². The maximum Gasteiger partial charge on any atom is 0.160 e. The van der Waals surface area contributed by atoms with Gasteiger partial charge in [0.15, 0.2) is 5.79 Å². The average Bonchev–Trinajstić information content (AvgIpc) is 2.48. The van der Waals surface area contributed by atoms with E-state index in [0.29, 0.717) is 0 Å². The van der Waals surface area contributed by atoms with Gasteiger partial charge in [-0.2, -0.15) is 0 Å². The van der Waals surface area contributed by atoms with Crippen molar-refractivity contribution in [2.75, 3.05) is 0 Å². The molecule has 0 aromatic heterocycles. The van der Waals surface area contributed by atoms with Gasteiger partial charge in [0, 0.05) is 12.8 Å². The maximum absolute atomic E-state index is 9.85. The first-order valence-electron chi connectivity index (χ1n) is 7.91. The molecular weight excluding hydrogens is 272 g/mol. The van der Waals surface area contributed by atoms with Gasteiger partial charge in [-0.1, -0.05) is 37.3 Å². The molecular formula is C20H30O2. The third-order valence-corrected chi connectivity index (χ3v) is 2.85. The normalized spacial score (nSPS) is 11.6. The summed E-state index contributed by atoms with van der Waals surface area (Å²) < 4.78 is 5.74. The molecule has 0 aliphatic rings. The fraction of sp³-hybridized carbons (Fsp3) is 0.500. The second kappa shape index (κ2) is 12.0. The number of ether oxygens (including phenoxy) is 1. The Morgan fingerprint density at radius 1 is 1.14 bits per heavy atom. The van der Waals surface area contributed by atoms with E-state index < -0.39 is 5.79 Å². The molecule has 0 spiro atoms. The van der Waals surface area contributed by atoms with Crippen LogP contribution >= 0.6 is 0 Å². The van der Waals surface area contributed by atoms with Crippen LogP contribution in [-0.2, 0) is 11.2 Å². The minimum Gasteiger partial charge on any atom is -0.366 e. The predicted octanol–water partition coefficient (Wildman–Crippen LogP) is 4.73. The van der Waals surface area contributed by atoms with E-state index in [0.717, 1.165) is 32.1 Å². The summed E-state index contributed by atoms with van der Waals surface area (Å²) in [5.74, 6) is 5.22. The van der Waals surface area contributed by atoms with Gasteiger partial charge in [-0.05, 0) is 38.7 Å². The molecule has 0 fully saturated rings. The van der Waals surface area contributed by atoms with E-state index in [4.69, 9.17) is 4.74 Å². The van der Waals surface area contributed by atoms with Crippen molar-refractivity contribution in [1.82, 2.24) is 0 Å². The molecule has 0 amide bonds. The Balaban J connectivity index is 0.00000211. The summed E-state index contributed by atoms with van der Waals surface area (Å²) in [5.41, 5.74) is 1.23. The maximum atomic E-state index is 9.85. The van der Waals surface area contributed by atoms with Gasteiger partial charge in [0.05, 0.1) is 6.10 Å². The van der Waals surface area contributed by atoms with Crippen molar-refractivity contribution in [1.29, 1.82) is 0 Å². The molecule has 0 radical (unpaired) electrons. The minimum atomic E-state index is -1.10. The molecule has 2 heteroatoms. The third kappa shape index (κ3) is 11.1. The van der Waals surface area contributed by atoms with Gasteiger partial charge in [0.2, 0.25) is 0 Å². The van der Waals surface area contributed by atoms with Gasteiger partial charge in [-0.25, -0.2) is 0 Å².